The highest BCUT2D eigenvalue weighted by molar-refractivity contribution is 7.99. The monoisotopic (exact) mass is 222 g/mol. The topological polar surface area (TPSA) is 82.5 Å². The lowest BCUT2D eigenvalue weighted by atomic mass is 10.5. The number of aryl methyl sites for hydroxylation is 1. The highest BCUT2D eigenvalue weighted by Gasteiger charge is 2.04. The first-order valence-electron chi connectivity index (χ1n) is 4.32. The molecule has 2 heterocycles. The van der Waals surface area contributed by atoms with Crippen molar-refractivity contribution in [1.82, 2.24) is 24.7 Å². The van der Waals surface area contributed by atoms with E-state index in [1.54, 1.807) is 18.7 Å². The molecule has 0 bridgehead atoms. The van der Waals surface area contributed by atoms with Crippen molar-refractivity contribution < 1.29 is 0 Å². The second-order valence-corrected chi connectivity index (χ2v) is 3.86. The molecule has 15 heavy (non-hydrogen) atoms. The fourth-order valence-corrected chi connectivity index (χ4v) is 1.64. The minimum absolute atomic E-state index is 0.405. The van der Waals surface area contributed by atoms with Crippen molar-refractivity contribution in [3.8, 4) is 0 Å². The van der Waals surface area contributed by atoms with Gasteiger partial charge in [0, 0.05) is 13.6 Å². The van der Waals surface area contributed by atoms with Crippen LogP contribution in [0.1, 0.15) is 5.69 Å². The van der Waals surface area contributed by atoms with Gasteiger partial charge in [-0.25, -0.2) is 4.98 Å². The van der Waals surface area contributed by atoms with E-state index >= 15 is 0 Å². The molecule has 2 aromatic rings. The van der Waals surface area contributed by atoms with Crippen LogP contribution in [0.4, 0.5) is 0 Å². The summed E-state index contributed by atoms with van der Waals surface area (Å²) in [4.78, 5) is 8.35. The summed E-state index contributed by atoms with van der Waals surface area (Å²) < 4.78 is 1.82. The van der Waals surface area contributed by atoms with Crippen molar-refractivity contribution in [2.24, 2.45) is 12.8 Å². The number of aromatic nitrogens is 5. The minimum Gasteiger partial charge on any atom is -0.325 e. The van der Waals surface area contributed by atoms with E-state index in [0.717, 1.165) is 15.9 Å². The number of hydrogen-bond acceptors (Lipinski definition) is 6. The van der Waals surface area contributed by atoms with E-state index in [9.17, 15) is 0 Å². The molecule has 2 rings (SSSR count). The standard InChI is InChI=1S/C8H10N6S/c1-14-5-12-13-8(14)15-7-4-10-6(2-9)3-11-7/h3-5H,2,9H2,1H3. The zero-order chi connectivity index (χ0) is 10.7. The molecule has 0 saturated heterocycles. The molecule has 0 aromatic carbocycles. The molecule has 6 nitrogen and oxygen atoms in total. The van der Waals surface area contributed by atoms with Crippen LogP contribution in [0.5, 0.6) is 0 Å². The lowest BCUT2D eigenvalue weighted by molar-refractivity contribution is 0.786. The third-order valence-corrected chi connectivity index (χ3v) is 2.73. The normalized spacial score (nSPS) is 10.5. The van der Waals surface area contributed by atoms with Gasteiger partial charge in [-0.1, -0.05) is 0 Å². The van der Waals surface area contributed by atoms with Crippen molar-refractivity contribution in [1.29, 1.82) is 0 Å². The summed E-state index contributed by atoms with van der Waals surface area (Å²) in [5, 5.41) is 9.28. The summed E-state index contributed by atoms with van der Waals surface area (Å²) in [6.07, 6.45) is 4.99. The molecule has 0 aliphatic rings. The summed E-state index contributed by atoms with van der Waals surface area (Å²) in [5.41, 5.74) is 6.20. The Hall–Kier alpha value is -1.47. The van der Waals surface area contributed by atoms with E-state index in [0.29, 0.717) is 6.54 Å². The van der Waals surface area contributed by atoms with Crippen LogP contribution >= 0.6 is 11.8 Å². The van der Waals surface area contributed by atoms with Crippen LogP contribution in [0.15, 0.2) is 28.9 Å². The van der Waals surface area contributed by atoms with Gasteiger partial charge in [0.1, 0.15) is 11.4 Å². The molecule has 0 aliphatic heterocycles. The molecule has 0 radical (unpaired) electrons. The van der Waals surface area contributed by atoms with Gasteiger partial charge in [-0.2, -0.15) is 0 Å². The van der Waals surface area contributed by atoms with E-state index in [1.165, 1.54) is 11.8 Å². The van der Waals surface area contributed by atoms with Crippen LogP contribution in [0.25, 0.3) is 0 Å². The molecule has 0 spiro atoms. The van der Waals surface area contributed by atoms with E-state index < -0.39 is 0 Å². The van der Waals surface area contributed by atoms with Gasteiger partial charge in [0.2, 0.25) is 0 Å². The summed E-state index contributed by atoms with van der Waals surface area (Å²) >= 11 is 1.41. The Labute approximate surface area is 90.9 Å². The van der Waals surface area contributed by atoms with Gasteiger partial charge in [-0.15, -0.1) is 10.2 Å². The molecule has 0 unspecified atom stereocenters. The van der Waals surface area contributed by atoms with E-state index in [1.807, 2.05) is 11.6 Å². The maximum absolute atomic E-state index is 5.42. The van der Waals surface area contributed by atoms with Crippen molar-refractivity contribution in [3.05, 3.63) is 24.4 Å². The molecule has 0 saturated carbocycles. The van der Waals surface area contributed by atoms with Gasteiger partial charge in [-0.05, 0) is 11.8 Å². The molecule has 7 heteroatoms. The van der Waals surface area contributed by atoms with E-state index in [2.05, 4.69) is 20.2 Å². The molecule has 0 atom stereocenters. The number of nitrogens with zero attached hydrogens (tertiary/aromatic N) is 5. The zero-order valence-electron chi connectivity index (χ0n) is 8.16. The lowest BCUT2D eigenvalue weighted by Crippen LogP contribution is -2.00. The van der Waals surface area contributed by atoms with Gasteiger partial charge < -0.3 is 10.3 Å². The Kier molecular flexibility index (Phi) is 2.93. The van der Waals surface area contributed by atoms with Crippen LogP contribution in [0, 0.1) is 0 Å². The third-order valence-electron chi connectivity index (χ3n) is 1.76. The minimum atomic E-state index is 0.405. The summed E-state index contributed by atoms with van der Waals surface area (Å²) in [6.45, 7) is 0.405. The molecular formula is C8H10N6S. The van der Waals surface area contributed by atoms with Crippen LogP contribution < -0.4 is 5.73 Å². The van der Waals surface area contributed by atoms with Gasteiger partial charge >= 0.3 is 0 Å². The van der Waals surface area contributed by atoms with Crippen LogP contribution in [-0.4, -0.2) is 24.7 Å². The largest absolute Gasteiger partial charge is 0.325 e. The fraction of sp³-hybridized carbons (Fsp3) is 0.250. The quantitative estimate of drug-likeness (QED) is 0.799. The second kappa shape index (κ2) is 4.37. The predicted octanol–water partition coefficient (Wildman–Crippen LogP) is 0.215. The highest BCUT2D eigenvalue weighted by atomic mass is 32.2. The fourth-order valence-electron chi connectivity index (χ4n) is 0.960. The Morgan fingerprint density at radius 1 is 1.40 bits per heavy atom. The SMILES string of the molecule is Cn1cnnc1Sc1cnc(CN)cn1. The van der Waals surface area contributed by atoms with Gasteiger partial charge in [-0.3, -0.25) is 4.98 Å². The molecule has 2 N–H and O–H groups in total. The Morgan fingerprint density at radius 3 is 2.80 bits per heavy atom. The lowest BCUT2D eigenvalue weighted by Gasteiger charge is -1.99. The average Bonchev–Trinajstić information content (AvgIpc) is 2.66. The zero-order valence-corrected chi connectivity index (χ0v) is 8.98. The molecule has 0 fully saturated rings. The van der Waals surface area contributed by atoms with E-state index in [4.69, 9.17) is 5.73 Å². The predicted molar refractivity (Wildman–Crippen MR) is 55.0 cm³/mol. The average molecular weight is 222 g/mol. The third kappa shape index (κ3) is 2.31. The van der Waals surface area contributed by atoms with Crippen molar-refractivity contribution in [3.63, 3.8) is 0 Å². The van der Waals surface area contributed by atoms with Crippen LogP contribution in [-0.2, 0) is 13.6 Å². The first-order valence-corrected chi connectivity index (χ1v) is 5.14. The molecular weight excluding hydrogens is 212 g/mol. The van der Waals surface area contributed by atoms with Gasteiger partial charge in [0.15, 0.2) is 5.16 Å². The summed E-state index contributed by atoms with van der Waals surface area (Å²) in [5.74, 6) is 0. The Bertz CT molecular complexity index is 437. The molecule has 0 aliphatic carbocycles. The number of hydrogen-bond donors (Lipinski definition) is 1. The van der Waals surface area contributed by atoms with Gasteiger partial charge in [0.25, 0.3) is 0 Å². The maximum Gasteiger partial charge on any atom is 0.197 e. The Morgan fingerprint density at radius 2 is 2.27 bits per heavy atom. The summed E-state index contributed by atoms with van der Waals surface area (Å²) in [7, 11) is 1.88. The highest BCUT2D eigenvalue weighted by Crippen LogP contribution is 2.21. The van der Waals surface area contributed by atoms with Crippen molar-refractivity contribution >= 4 is 11.8 Å². The van der Waals surface area contributed by atoms with Crippen molar-refractivity contribution in [2.75, 3.05) is 0 Å². The Balaban J connectivity index is 2.14. The number of rotatable bonds is 3. The maximum atomic E-state index is 5.42. The van der Waals surface area contributed by atoms with E-state index in [-0.39, 0.29) is 0 Å². The smallest absolute Gasteiger partial charge is 0.197 e. The molecule has 0 amide bonds. The van der Waals surface area contributed by atoms with Crippen molar-refractivity contribution in [2.45, 2.75) is 16.7 Å². The molecule has 78 valence electrons. The first kappa shape index (κ1) is 10.1. The summed E-state index contributed by atoms with van der Waals surface area (Å²) in [6, 6.07) is 0. The second-order valence-electron chi connectivity index (χ2n) is 2.88. The van der Waals surface area contributed by atoms with Crippen LogP contribution in [0.3, 0.4) is 0 Å². The number of nitrogens with two attached hydrogens (primary N) is 1. The molecule has 2 aromatic heterocycles. The first-order chi connectivity index (χ1) is 7.29. The van der Waals surface area contributed by atoms with Gasteiger partial charge in [0.05, 0.1) is 18.1 Å². The van der Waals surface area contributed by atoms with Crippen LogP contribution in [0.2, 0.25) is 0 Å².